The zero-order chi connectivity index (χ0) is 12.5. The number of nitrogens with zero attached hydrogens (tertiary/aromatic N) is 1. The number of hydrogen-bond acceptors (Lipinski definition) is 2. The van der Waals surface area contributed by atoms with E-state index in [2.05, 4.69) is 30.1 Å². The van der Waals surface area contributed by atoms with Gasteiger partial charge in [-0.15, -0.1) is 0 Å². The average Bonchev–Trinajstić information content (AvgIpc) is 2.38. The summed E-state index contributed by atoms with van der Waals surface area (Å²) in [6.07, 6.45) is 10.1. The minimum absolute atomic E-state index is 0.284. The summed E-state index contributed by atoms with van der Waals surface area (Å²) in [6.45, 7) is 2.07. The van der Waals surface area contributed by atoms with Crippen LogP contribution in [0.15, 0.2) is 41.6 Å². The van der Waals surface area contributed by atoms with Gasteiger partial charge in [0.25, 0.3) is 0 Å². The number of rotatable bonds is 1. The number of aliphatic hydroxyl groups is 1. The number of aromatic nitrogens is 1. The zero-order valence-corrected chi connectivity index (χ0v) is 10.8. The van der Waals surface area contributed by atoms with E-state index in [0.717, 1.165) is 12.8 Å². The molecule has 0 spiro atoms. The molecule has 2 heteroatoms. The van der Waals surface area contributed by atoms with Crippen molar-refractivity contribution in [2.45, 2.75) is 44.6 Å². The summed E-state index contributed by atoms with van der Waals surface area (Å²) in [7, 11) is 0. The predicted molar refractivity (Wildman–Crippen MR) is 72.4 cm³/mol. The van der Waals surface area contributed by atoms with Gasteiger partial charge in [-0.05, 0) is 55.4 Å². The van der Waals surface area contributed by atoms with Crippen molar-refractivity contribution in [2.75, 3.05) is 0 Å². The Morgan fingerprint density at radius 2 is 2.22 bits per heavy atom. The molecule has 2 atom stereocenters. The summed E-state index contributed by atoms with van der Waals surface area (Å²) >= 11 is 0. The molecule has 0 saturated heterocycles. The third kappa shape index (κ3) is 2.13. The monoisotopic (exact) mass is 241 g/mol. The Labute approximate surface area is 108 Å². The molecule has 1 aromatic heterocycles. The van der Waals surface area contributed by atoms with Crippen molar-refractivity contribution < 1.29 is 5.11 Å². The lowest BCUT2D eigenvalue weighted by molar-refractivity contribution is 0.222. The Kier molecular flexibility index (Phi) is 3.04. The molecule has 1 saturated carbocycles. The molecule has 2 nitrogen and oxygen atoms in total. The van der Waals surface area contributed by atoms with Gasteiger partial charge in [0.1, 0.15) is 0 Å². The molecule has 1 fully saturated rings. The van der Waals surface area contributed by atoms with Crippen LogP contribution in [0.4, 0.5) is 0 Å². The molecule has 18 heavy (non-hydrogen) atoms. The number of fused-ring (bicyclic) bond motifs is 1. The first-order valence-corrected chi connectivity index (χ1v) is 6.76. The molecule has 1 unspecified atom stereocenters. The minimum atomic E-state index is -0.284. The van der Waals surface area contributed by atoms with Crippen LogP contribution in [0.2, 0.25) is 0 Å². The van der Waals surface area contributed by atoms with Gasteiger partial charge in [-0.25, -0.2) is 0 Å². The van der Waals surface area contributed by atoms with E-state index in [1.54, 1.807) is 0 Å². The molecule has 0 aliphatic heterocycles. The quantitative estimate of drug-likeness (QED) is 0.818. The molecule has 0 aromatic carbocycles. The molecule has 0 radical (unpaired) electrons. The van der Waals surface area contributed by atoms with Gasteiger partial charge in [0.05, 0.1) is 6.10 Å². The highest BCUT2D eigenvalue weighted by Gasteiger charge is 2.27. The molecular weight excluding hydrogens is 222 g/mol. The summed E-state index contributed by atoms with van der Waals surface area (Å²) in [5.74, 6) is 0.429. The third-order valence-electron chi connectivity index (χ3n) is 3.95. The normalized spacial score (nSPS) is 27.2. The second-order valence-electron chi connectivity index (χ2n) is 5.36. The number of pyridine rings is 1. The molecule has 3 rings (SSSR count). The van der Waals surface area contributed by atoms with Gasteiger partial charge < -0.3 is 5.11 Å². The number of hydrogen-bond donors (Lipinski definition) is 1. The molecule has 2 aliphatic rings. The fourth-order valence-corrected chi connectivity index (χ4v) is 3.01. The van der Waals surface area contributed by atoms with Gasteiger partial charge >= 0.3 is 0 Å². The van der Waals surface area contributed by atoms with E-state index in [9.17, 15) is 5.11 Å². The second kappa shape index (κ2) is 4.69. The van der Waals surface area contributed by atoms with Gasteiger partial charge in [-0.2, -0.15) is 0 Å². The molecule has 1 heterocycles. The zero-order valence-electron chi connectivity index (χ0n) is 10.8. The van der Waals surface area contributed by atoms with Crippen molar-refractivity contribution in [2.24, 2.45) is 0 Å². The van der Waals surface area contributed by atoms with Gasteiger partial charge in [0.15, 0.2) is 0 Å². The summed E-state index contributed by atoms with van der Waals surface area (Å²) in [4.78, 5) is 4.58. The van der Waals surface area contributed by atoms with Crippen LogP contribution in [-0.4, -0.2) is 16.2 Å². The van der Waals surface area contributed by atoms with Crippen molar-refractivity contribution in [3.8, 4) is 0 Å². The summed E-state index contributed by atoms with van der Waals surface area (Å²) in [5, 5.41) is 9.70. The van der Waals surface area contributed by atoms with Gasteiger partial charge in [0, 0.05) is 17.8 Å². The molecule has 1 aromatic rings. The first kappa shape index (κ1) is 11.7. The lowest BCUT2D eigenvalue weighted by Gasteiger charge is -2.30. The smallest absolute Gasteiger partial charge is 0.0761 e. The van der Waals surface area contributed by atoms with Crippen LogP contribution in [0.3, 0.4) is 0 Å². The van der Waals surface area contributed by atoms with Crippen LogP contribution in [0, 0.1) is 6.92 Å². The number of allylic oxidation sites excluding steroid dienone is 2. The van der Waals surface area contributed by atoms with Crippen molar-refractivity contribution in [1.29, 1.82) is 0 Å². The average molecular weight is 241 g/mol. The van der Waals surface area contributed by atoms with E-state index in [4.69, 9.17) is 0 Å². The van der Waals surface area contributed by atoms with Crippen molar-refractivity contribution in [1.82, 2.24) is 4.98 Å². The highest BCUT2D eigenvalue weighted by atomic mass is 16.3. The summed E-state index contributed by atoms with van der Waals surface area (Å²) in [6, 6.07) is 4.29. The standard InChI is InChI=1S/C16H19NO/c1-11-5-8-16(17-10-11)15-4-2-3-12-9-13(18)6-7-14(12)15/h5,7-10,13,15,18H,2-4,6H2,1H3/t13?,15-/m1/s1. The highest BCUT2D eigenvalue weighted by molar-refractivity contribution is 5.44. The van der Waals surface area contributed by atoms with Crippen LogP contribution in [-0.2, 0) is 0 Å². The number of aliphatic hydroxyl groups excluding tert-OH is 1. The van der Waals surface area contributed by atoms with E-state index < -0.39 is 0 Å². The van der Waals surface area contributed by atoms with E-state index in [1.165, 1.54) is 35.2 Å². The topological polar surface area (TPSA) is 33.1 Å². The fraction of sp³-hybridized carbons (Fsp3) is 0.438. The summed E-state index contributed by atoms with van der Waals surface area (Å²) < 4.78 is 0. The van der Waals surface area contributed by atoms with Crippen LogP contribution in [0.25, 0.3) is 0 Å². The maximum atomic E-state index is 9.70. The maximum absolute atomic E-state index is 9.70. The molecule has 0 amide bonds. The Balaban J connectivity index is 1.93. The van der Waals surface area contributed by atoms with Crippen molar-refractivity contribution in [3.63, 3.8) is 0 Å². The van der Waals surface area contributed by atoms with Crippen LogP contribution in [0.1, 0.15) is 42.9 Å². The third-order valence-corrected chi connectivity index (χ3v) is 3.95. The minimum Gasteiger partial charge on any atom is -0.389 e. The van der Waals surface area contributed by atoms with Crippen LogP contribution >= 0.6 is 0 Å². The lowest BCUT2D eigenvalue weighted by Crippen LogP contribution is -2.18. The predicted octanol–water partition coefficient (Wildman–Crippen LogP) is 3.27. The van der Waals surface area contributed by atoms with E-state index in [0.29, 0.717) is 5.92 Å². The van der Waals surface area contributed by atoms with Crippen molar-refractivity contribution in [3.05, 3.63) is 52.9 Å². The molecular formula is C16H19NO. The largest absolute Gasteiger partial charge is 0.389 e. The molecule has 94 valence electrons. The first-order valence-electron chi connectivity index (χ1n) is 6.76. The highest BCUT2D eigenvalue weighted by Crippen LogP contribution is 2.41. The number of aryl methyl sites for hydroxylation is 1. The fourth-order valence-electron chi connectivity index (χ4n) is 3.01. The molecule has 0 bridgehead atoms. The summed E-state index contributed by atoms with van der Waals surface area (Å²) in [5.41, 5.74) is 5.13. The SMILES string of the molecule is Cc1ccc([C@@H]2CCCC3=CC(O)CC=C32)nc1. The molecule has 1 N–H and O–H groups in total. The van der Waals surface area contributed by atoms with Gasteiger partial charge in [-0.3, -0.25) is 4.98 Å². The Bertz CT molecular complexity index is 498. The Morgan fingerprint density at radius 3 is 3.00 bits per heavy atom. The Morgan fingerprint density at radius 1 is 1.33 bits per heavy atom. The van der Waals surface area contributed by atoms with E-state index in [-0.39, 0.29) is 6.10 Å². The van der Waals surface area contributed by atoms with Crippen molar-refractivity contribution >= 4 is 0 Å². The maximum Gasteiger partial charge on any atom is 0.0761 e. The van der Waals surface area contributed by atoms with Gasteiger partial charge in [-0.1, -0.05) is 18.2 Å². The first-order chi connectivity index (χ1) is 8.74. The Hall–Kier alpha value is -1.41. The molecule has 2 aliphatic carbocycles. The lowest BCUT2D eigenvalue weighted by atomic mass is 9.75. The second-order valence-corrected chi connectivity index (χ2v) is 5.36. The van der Waals surface area contributed by atoms with Crippen LogP contribution in [0.5, 0.6) is 0 Å². The van der Waals surface area contributed by atoms with Crippen LogP contribution < -0.4 is 0 Å². The van der Waals surface area contributed by atoms with Gasteiger partial charge in [0.2, 0.25) is 0 Å². The van der Waals surface area contributed by atoms with E-state index >= 15 is 0 Å². The van der Waals surface area contributed by atoms with E-state index in [1.807, 2.05) is 12.3 Å².